The number of thiocarbonyl (C=S) groups is 1. The number of carbonyl (C=O) groups excluding carboxylic acids is 1. The minimum Gasteiger partial charge on any atom is -0.478 e. The molecule has 0 bridgehead atoms. The lowest BCUT2D eigenvalue weighted by Gasteiger charge is -2.19. The van der Waals surface area contributed by atoms with Crippen LogP contribution in [-0.4, -0.2) is 21.3 Å². The van der Waals surface area contributed by atoms with Crippen LogP contribution in [0.3, 0.4) is 0 Å². The van der Waals surface area contributed by atoms with Crippen molar-refractivity contribution in [1.29, 1.82) is 0 Å². The van der Waals surface area contributed by atoms with Gasteiger partial charge in [0.05, 0.1) is 27.3 Å². The van der Waals surface area contributed by atoms with E-state index in [1.54, 1.807) is 0 Å². The quantitative estimate of drug-likeness (QED) is 0.343. The molecule has 0 radical (unpaired) electrons. The van der Waals surface area contributed by atoms with E-state index >= 15 is 0 Å². The molecule has 0 atom stereocenters. The molecule has 162 valence electrons. The van der Waals surface area contributed by atoms with Gasteiger partial charge >= 0.3 is 18.3 Å². The van der Waals surface area contributed by atoms with Crippen LogP contribution in [0.4, 0.5) is 32.0 Å². The van der Waals surface area contributed by atoms with Gasteiger partial charge in [0.1, 0.15) is 0 Å². The van der Waals surface area contributed by atoms with Crippen molar-refractivity contribution >= 4 is 51.9 Å². The van der Waals surface area contributed by atoms with Crippen LogP contribution in [0.5, 0.6) is 0 Å². The Labute approximate surface area is 180 Å². The van der Waals surface area contributed by atoms with E-state index in [1.807, 2.05) is 0 Å². The summed E-state index contributed by atoms with van der Waals surface area (Å²) in [6.45, 7) is 0. The molecule has 0 aliphatic carbocycles. The molecule has 0 aromatic heterocycles. The van der Waals surface area contributed by atoms with Gasteiger partial charge in [-0.2, -0.15) is 26.3 Å². The van der Waals surface area contributed by atoms with Crippen molar-refractivity contribution in [2.24, 2.45) is 0 Å². The summed E-state index contributed by atoms with van der Waals surface area (Å²) in [6.07, 6.45) is -8.83. The monoisotopic (exact) mass is 477 g/mol. The summed E-state index contributed by atoms with van der Waals surface area (Å²) >= 11 is 5.71. The highest BCUT2D eigenvalue weighted by atomic mass is 32.2. The van der Waals surface area contributed by atoms with E-state index < -0.39 is 41.0 Å². The number of halogens is 6. The molecular weight excluding hydrogens is 468 g/mol. The highest BCUT2D eigenvalue weighted by Gasteiger charge is 2.40. The van der Waals surface area contributed by atoms with Crippen molar-refractivity contribution in [3.63, 3.8) is 0 Å². The number of hydrogen-bond donors (Lipinski definition) is 1. The molecule has 2 aromatic rings. The zero-order valence-corrected chi connectivity index (χ0v) is 16.5. The summed E-state index contributed by atoms with van der Waals surface area (Å²) in [6, 6.07) is 6.13. The van der Waals surface area contributed by atoms with Gasteiger partial charge in [0.15, 0.2) is 4.32 Å². The second-order valence-corrected chi connectivity index (χ2v) is 7.88. The number of benzene rings is 2. The highest BCUT2D eigenvalue weighted by molar-refractivity contribution is 8.27. The van der Waals surface area contributed by atoms with E-state index in [0.717, 1.165) is 0 Å². The maximum Gasteiger partial charge on any atom is 0.416 e. The van der Waals surface area contributed by atoms with E-state index in [1.165, 1.54) is 30.3 Å². The second-order valence-electron chi connectivity index (χ2n) is 6.21. The number of amides is 1. The first-order valence-electron chi connectivity index (χ1n) is 8.18. The Morgan fingerprint density at radius 2 is 1.48 bits per heavy atom. The van der Waals surface area contributed by atoms with E-state index in [-0.39, 0.29) is 20.9 Å². The third-order valence-electron chi connectivity index (χ3n) is 4.08. The van der Waals surface area contributed by atoms with Crippen molar-refractivity contribution in [3.8, 4) is 0 Å². The normalized spacial score (nSPS) is 16.3. The average molecular weight is 477 g/mol. The molecule has 1 aliphatic heterocycles. The maximum atomic E-state index is 13.1. The molecular formula is C19H9F6NO3S2. The Kier molecular flexibility index (Phi) is 5.89. The van der Waals surface area contributed by atoms with Crippen LogP contribution in [0.25, 0.3) is 6.08 Å². The number of carbonyl (C=O) groups is 2. The van der Waals surface area contributed by atoms with Gasteiger partial charge in [-0.05, 0) is 42.0 Å². The van der Waals surface area contributed by atoms with Gasteiger partial charge in [-0.3, -0.25) is 9.69 Å². The lowest BCUT2D eigenvalue weighted by molar-refractivity contribution is -0.143. The Morgan fingerprint density at radius 3 is 1.94 bits per heavy atom. The molecule has 1 heterocycles. The lowest BCUT2D eigenvalue weighted by atomic mass is 10.1. The molecule has 0 unspecified atom stereocenters. The average Bonchev–Trinajstić information content (AvgIpc) is 2.93. The van der Waals surface area contributed by atoms with E-state index in [4.69, 9.17) is 17.3 Å². The summed E-state index contributed by atoms with van der Waals surface area (Å²) in [7, 11) is 0. The third-order valence-corrected chi connectivity index (χ3v) is 5.38. The molecule has 1 saturated heterocycles. The molecule has 4 nitrogen and oxygen atoms in total. The van der Waals surface area contributed by atoms with Gasteiger partial charge in [-0.1, -0.05) is 36.1 Å². The van der Waals surface area contributed by atoms with Crippen molar-refractivity contribution in [3.05, 3.63) is 69.6 Å². The summed E-state index contributed by atoms with van der Waals surface area (Å²) in [4.78, 5) is 24.2. The topological polar surface area (TPSA) is 57.6 Å². The van der Waals surface area contributed by atoms with E-state index in [2.05, 4.69) is 0 Å². The molecule has 1 aliphatic rings. The SMILES string of the molecule is O=C(O)c1ccc(C=C2SC(=S)N(c3cc(C(F)(F)F)cc(C(F)(F)F)c3)C2=O)cc1. The Hall–Kier alpha value is -2.86. The zero-order valence-electron chi connectivity index (χ0n) is 14.9. The van der Waals surface area contributed by atoms with Gasteiger partial charge in [0.2, 0.25) is 0 Å². The van der Waals surface area contributed by atoms with Gasteiger partial charge in [-0.15, -0.1) is 0 Å². The van der Waals surface area contributed by atoms with Gasteiger partial charge in [-0.25, -0.2) is 4.79 Å². The molecule has 1 amide bonds. The number of alkyl halides is 6. The van der Waals surface area contributed by atoms with Crippen LogP contribution in [-0.2, 0) is 17.1 Å². The van der Waals surface area contributed by atoms with E-state index in [9.17, 15) is 35.9 Å². The number of hydrogen-bond acceptors (Lipinski definition) is 4. The number of anilines is 1. The van der Waals surface area contributed by atoms with Gasteiger partial charge in [0, 0.05) is 0 Å². The van der Waals surface area contributed by atoms with Gasteiger partial charge in [0.25, 0.3) is 5.91 Å². The molecule has 0 saturated carbocycles. The Balaban J connectivity index is 2.01. The van der Waals surface area contributed by atoms with E-state index in [0.29, 0.717) is 34.4 Å². The van der Waals surface area contributed by atoms with Crippen molar-refractivity contribution in [2.45, 2.75) is 12.4 Å². The minimum absolute atomic E-state index is 0.00616. The summed E-state index contributed by atoms with van der Waals surface area (Å²) in [5, 5.41) is 8.90. The van der Waals surface area contributed by atoms with Crippen LogP contribution < -0.4 is 4.90 Å². The molecule has 2 aromatic carbocycles. The first kappa shape index (κ1) is 22.8. The van der Waals surface area contributed by atoms with Gasteiger partial charge < -0.3 is 5.11 Å². The van der Waals surface area contributed by atoms with Crippen LogP contribution >= 0.6 is 24.0 Å². The first-order chi connectivity index (χ1) is 14.3. The number of thioether (sulfide) groups is 1. The number of rotatable bonds is 3. The second kappa shape index (κ2) is 8.00. The summed E-state index contributed by atoms with van der Waals surface area (Å²) in [5.74, 6) is -2.06. The molecule has 3 rings (SSSR count). The smallest absolute Gasteiger partial charge is 0.416 e. The standard InChI is InChI=1S/C19H9F6NO3S2/c20-18(21,22)11-6-12(19(23,24)25)8-13(7-11)26-15(27)14(31-17(26)30)5-9-1-3-10(4-2-9)16(28)29/h1-8H,(H,28,29). The van der Waals surface area contributed by atoms with Crippen LogP contribution in [0.1, 0.15) is 27.0 Å². The fraction of sp³-hybridized carbons (Fsp3) is 0.105. The first-order valence-corrected chi connectivity index (χ1v) is 9.40. The highest BCUT2D eigenvalue weighted by Crippen LogP contribution is 2.42. The Morgan fingerprint density at radius 1 is 0.968 bits per heavy atom. The van der Waals surface area contributed by atoms with Crippen LogP contribution in [0, 0.1) is 0 Å². The summed E-state index contributed by atoms with van der Waals surface area (Å²) in [5.41, 5.74) is -3.41. The van der Waals surface area contributed by atoms with Crippen molar-refractivity contribution < 1.29 is 41.0 Å². The largest absolute Gasteiger partial charge is 0.478 e. The number of nitrogens with zero attached hydrogens (tertiary/aromatic N) is 1. The minimum atomic E-state index is -5.07. The number of aromatic carboxylic acids is 1. The lowest BCUT2D eigenvalue weighted by Crippen LogP contribution is -2.28. The third kappa shape index (κ3) is 4.90. The summed E-state index contributed by atoms with van der Waals surface area (Å²) < 4.78 is 78.4. The Bertz CT molecular complexity index is 1070. The predicted molar refractivity (Wildman–Crippen MR) is 105 cm³/mol. The molecule has 0 spiro atoms. The maximum absolute atomic E-state index is 13.1. The fourth-order valence-electron chi connectivity index (χ4n) is 2.63. The van der Waals surface area contributed by atoms with Crippen molar-refractivity contribution in [1.82, 2.24) is 0 Å². The fourth-order valence-corrected chi connectivity index (χ4v) is 3.93. The van der Waals surface area contributed by atoms with Crippen molar-refractivity contribution in [2.75, 3.05) is 4.90 Å². The zero-order chi connectivity index (χ0) is 23.1. The molecule has 1 fully saturated rings. The van der Waals surface area contributed by atoms with Crippen LogP contribution in [0.15, 0.2) is 47.4 Å². The number of carboxylic acid groups (broad SMARTS) is 1. The van der Waals surface area contributed by atoms with Crippen LogP contribution in [0.2, 0.25) is 0 Å². The number of carboxylic acids is 1. The molecule has 31 heavy (non-hydrogen) atoms. The molecule has 1 N–H and O–H groups in total. The predicted octanol–water partition coefficient (Wildman–Crippen LogP) is 5.83. The molecule has 12 heteroatoms.